The van der Waals surface area contributed by atoms with Crippen LogP contribution in [-0.4, -0.2) is 59.4 Å². The smallest absolute Gasteiger partial charge is 0.204 e. The van der Waals surface area contributed by atoms with Crippen LogP contribution in [0.1, 0.15) is 97.1 Å². The van der Waals surface area contributed by atoms with Gasteiger partial charge in [0, 0.05) is 48.4 Å². The zero-order valence-electron chi connectivity index (χ0n) is 29.7. The number of carbonyl (C=O) groups excluding carboxylic acids is 1. The average molecular weight is 692 g/mol. The topological polar surface area (TPSA) is 127 Å². The Morgan fingerprint density at radius 2 is 1.67 bits per heavy atom. The van der Waals surface area contributed by atoms with Crippen LogP contribution in [0, 0.1) is 5.41 Å². The van der Waals surface area contributed by atoms with Gasteiger partial charge in [-0.2, -0.15) is 0 Å². The van der Waals surface area contributed by atoms with Crippen molar-refractivity contribution in [2.75, 3.05) is 38.2 Å². The van der Waals surface area contributed by atoms with E-state index in [1.807, 2.05) is 0 Å². The second-order valence-corrected chi connectivity index (χ2v) is 15.3. The molecule has 1 aromatic heterocycles. The van der Waals surface area contributed by atoms with E-state index in [4.69, 9.17) is 9.47 Å². The number of aromatic amines is 1. The summed E-state index contributed by atoms with van der Waals surface area (Å²) in [6.07, 6.45) is 9.42. The highest BCUT2D eigenvalue weighted by Crippen LogP contribution is 2.62. The van der Waals surface area contributed by atoms with Crippen molar-refractivity contribution < 1.29 is 29.6 Å². The van der Waals surface area contributed by atoms with Gasteiger partial charge in [-0.3, -0.25) is 4.79 Å². The van der Waals surface area contributed by atoms with E-state index in [1.54, 1.807) is 24.3 Å². The minimum atomic E-state index is -0.629. The molecular formula is C42H49N3O6. The summed E-state index contributed by atoms with van der Waals surface area (Å²) in [6, 6.07) is 17.6. The number of H-pyrrole nitrogens is 1. The number of hydrogen-bond donors (Lipinski definition) is 5. The molecule has 2 saturated carbocycles. The molecule has 2 unspecified atom stereocenters. The summed E-state index contributed by atoms with van der Waals surface area (Å²) in [6.45, 7) is 6.32. The van der Waals surface area contributed by atoms with Crippen molar-refractivity contribution in [3.8, 4) is 39.9 Å². The molecule has 8 rings (SSSR count). The van der Waals surface area contributed by atoms with Gasteiger partial charge in [-0.05, 0) is 78.8 Å². The lowest BCUT2D eigenvalue weighted by Crippen LogP contribution is -2.44. The van der Waals surface area contributed by atoms with Crippen molar-refractivity contribution >= 4 is 11.6 Å². The second kappa shape index (κ2) is 13.2. The van der Waals surface area contributed by atoms with Crippen LogP contribution in [0.25, 0.3) is 11.1 Å². The molecule has 4 aliphatic rings. The van der Waals surface area contributed by atoms with Crippen LogP contribution >= 0.6 is 0 Å². The number of phenols is 3. The molecule has 2 aliphatic heterocycles. The first-order valence-electron chi connectivity index (χ1n) is 18.6. The summed E-state index contributed by atoms with van der Waals surface area (Å²) < 4.78 is 11.8. The first kappa shape index (κ1) is 33.5. The number of ether oxygens (including phenoxy) is 2. The maximum atomic E-state index is 13.5. The van der Waals surface area contributed by atoms with Crippen molar-refractivity contribution in [1.82, 2.24) is 10.3 Å². The number of rotatable bonds is 8. The highest BCUT2D eigenvalue weighted by molar-refractivity contribution is 6.04. The van der Waals surface area contributed by atoms with Gasteiger partial charge >= 0.3 is 0 Å². The standard InChI is InChI=1S/C42H49N3O6/c1-41(15-6-18-42(41)16-3-4-17-42)34-24-31(40(44-34)45-21-19-43-20-22-45)28-8-5-7-26(23-28)9-14-30-36(48)39(50-2)37(49)35-32(47)25-33(51-38(30)35)27-10-12-29(46)13-11-27/h5,7-8,10-13,23-24,33,43-44,46,48-49H,3-4,6,9,14-22,25H2,1-2H3. The number of hydrogen-bond acceptors (Lipinski definition) is 8. The molecule has 5 N–H and O–H groups in total. The van der Waals surface area contributed by atoms with E-state index in [0.29, 0.717) is 23.8 Å². The van der Waals surface area contributed by atoms with Gasteiger partial charge in [0.15, 0.2) is 17.3 Å². The number of methoxy groups -OCH3 is 1. The van der Waals surface area contributed by atoms with Gasteiger partial charge < -0.3 is 40.0 Å². The number of nitrogens with zero attached hydrogens (tertiary/aromatic N) is 1. The molecule has 3 aromatic carbocycles. The highest BCUT2D eigenvalue weighted by atomic mass is 16.5. The van der Waals surface area contributed by atoms with Crippen LogP contribution in [0.2, 0.25) is 0 Å². The third kappa shape index (κ3) is 5.70. The Morgan fingerprint density at radius 1 is 0.922 bits per heavy atom. The lowest BCUT2D eigenvalue weighted by Gasteiger charge is -2.41. The molecule has 2 aliphatic carbocycles. The van der Waals surface area contributed by atoms with Crippen molar-refractivity contribution in [3.05, 3.63) is 82.5 Å². The third-order valence-corrected chi connectivity index (χ3v) is 12.6. The first-order chi connectivity index (χ1) is 24.7. The van der Waals surface area contributed by atoms with Crippen LogP contribution in [0.15, 0.2) is 54.6 Å². The fraction of sp³-hybridized carbons (Fsp3) is 0.452. The second-order valence-electron chi connectivity index (χ2n) is 15.3. The molecular weight excluding hydrogens is 642 g/mol. The largest absolute Gasteiger partial charge is 0.508 e. The zero-order valence-corrected chi connectivity index (χ0v) is 29.7. The molecule has 51 heavy (non-hydrogen) atoms. The molecule has 9 heteroatoms. The number of fused-ring (bicyclic) bond motifs is 1. The van der Waals surface area contributed by atoms with Crippen LogP contribution in [0.5, 0.6) is 28.7 Å². The highest BCUT2D eigenvalue weighted by Gasteiger charge is 2.54. The molecule has 3 fully saturated rings. The van der Waals surface area contributed by atoms with Gasteiger partial charge in [0.05, 0.1) is 13.5 Å². The minimum Gasteiger partial charge on any atom is -0.508 e. The number of carbonyl (C=O) groups is 1. The molecule has 9 nitrogen and oxygen atoms in total. The molecule has 1 spiro atoms. The normalized spacial score (nSPS) is 22.7. The molecule has 3 heterocycles. The number of anilines is 1. The molecule has 4 aromatic rings. The van der Waals surface area contributed by atoms with Crippen LogP contribution in [0.3, 0.4) is 0 Å². The molecule has 0 bridgehead atoms. The van der Waals surface area contributed by atoms with Crippen LogP contribution in [0.4, 0.5) is 5.82 Å². The Kier molecular flexibility index (Phi) is 8.65. The van der Waals surface area contributed by atoms with Gasteiger partial charge in [0.1, 0.15) is 29.0 Å². The third-order valence-electron chi connectivity index (χ3n) is 12.6. The monoisotopic (exact) mass is 691 g/mol. The Hall–Kier alpha value is -4.63. The average Bonchev–Trinajstić information content (AvgIpc) is 3.89. The summed E-state index contributed by atoms with van der Waals surface area (Å²) in [7, 11) is 1.36. The van der Waals surface area contributed by atoms with E-state index >= 15 is 0 Å². The summed E-state index contributed by atoms with van der Waals surface area (Å²) in [4.78, 5) is 20.0. The van der Waals surface area contributed by atoms with Crippen molar-refractivity contribution in [2.24, 2.45) is 5.41 Å². The number of aromatic nitrogens is 1. The van der Waals surface area contributed by atoms with Gasteiger partial charge in [0.25, 0.3) is 0 Å². The first-order valence-corrected chi connectivity index (χ1v) is 18.6. The zero-order chi connectivity index (χ0) is 35.3. The minimum absolute atomic E-state index is 0.00891. The molecule has 268 valence electrons. The Bertz CT molecular complexity index is 1930. The fourth-order valence-corrected chi connectivity index (χ4v) is 9.73. The van der Waals surface area contributed by atoms with Gasteiger partial charge in [-0.15, -0.1) is 0 Å². The van der Waals surface area contributed by atoms with E-state index in [1.165, 1.54) is 69.1 Å². The number of Topliss-reactive ketones (excluding diaryl/α,β-unsaturated/α-hetero) is 1. The number of ketones is 1. The lowest BCUT2D eigenvalue weighted by atomic mass is 9.64. The van der Waals surface area contributed by atoms with E-state index in [-0.39, 0.29) is 46.2 Å². The molecule has 0 radical (unpaired) electrons. The predicted octanol–water partition coefficient (Wildman–Crippen LogP) is 7.71. The predicted molar refractivity (Wildman–Crippen MR) is 198 cm³/mol. The van der Waals surface area contributed by atoms with E-state index in [2.05, 4.69) is 52.5 Å². The van der Waals surface area contributed by atoms with Gasteiger partial charge in [-0.25, -0.2) is 0 Å². The van der Waals surface area contributed by atoms with Crippen molar-refractivity contribution in [3.63, 3.8) is 0 Å². The Labute approximate surface area is 299 Å². The number of piperazine rings is 1. The number of aryl methyl sites for hydroxylation is 1. The van der Waals surface area contributed by atoms with Gasteiger partial charge in [-0.1, -0.05) is 62.6 Å². The molecule has 0 amide bonds. The van der Waals surface area contributed by atoms with Gasteiger partial charge in [0.2, 0.25) is 5.75 Å². The van der Waals surface area contributed by atoms with E-state index in [0.717, 1.165) is 42.9 Å². The number of benzene rings is 3. The van der Waals surface area contributed by atoms with Crippen molar-refractivity contribution in [1.29, 1.82) is 0 Å². The summed E-state index contributed by atoms with van der Waals surface area (Å²) in [5, 5.41) is 35.7. The summed E-state index contributed by atoms with van der Waals surface area (Å²) in [5.74, 6) is 0.428. The quantitative estimate of drug-likeness (QED) is 0.127. The number of nitrogens with one attached hydrogen (secondary N) is 2. The molecule has 1 saturated heterocycles. The Morgan fingerprint density at radius 3 is 2.41 bits per heavy atom. The number of phenolic OH excluding ortho intramolecular Hbond substituents is 3. The van der Waals surface area contributed by atoms with Crippen LogP contribution in [-0.2, 0) is 18.3 Å². The van der Waals surface area contributed by atoms with Crippen molar-refractivity contribution in [2.45, 2.75) is 82.7 Å². The molecule has 2 atom stereocenters. The van der Waals surface area contributed by atoms with E-state index in [9.17, 15) is 20.1 Å². The maximum Gasteiger partial charge on any atom is 0.204 e. The van der Waals surface area contributed by atoms with Crippen LogP contribution < -0.4 is 19.7 Å². The Balaban J connectivity index is 1.13. The summed E-state index contributed by atoms with van der Waals surface area (Å²) in [5.41, 5.74) is 6.52. The lowest BCUT2D eigenvalue weighted by molar-refractivity contribution is 0.0840. The SMILES string of the molecule is COc1c(O)c(CCc2cccc(-c3cc(C4(C)CCCC45CCCC5)[nH]c3N3CCNCC3)c2)c2c(c1O)C(=O)CC(c1ccc(O)cc1)O2. The van der Waals surface area contributed by atoms with E-state index < -0.39 is 11.9 Å². The maximum absolute atomic E-state index is 13.5. The number of aromatic hydroxyl groups is 3. The summed E-state index contributed by atoms with van der Waals surface area (Å²) >= 11 is 0. The fourth-order valence-electron chi connectivity index (χ4n) is 9.73.